The van der Waals surface area contributed by atoms with Crippen LogP contribution >= 0.6 is 23.2 Å². The number of imide groups is 1. The van der Waals surface area contributed by atoms with Gasteiger partial charge >= 0.3 is 5.97 Å². The standard InChI is InChI=1S/C25H18Cl2N2O5/c1-2-33-19-9-5-6-10-20(19)34-25(32)15-11-13-16(14-12-15)28-22-21(27)23(30)29(24(22)31)18-8-4-3-7-17(18)26/h3-14,28H,2H2,1H3. The van der Waals surface area contributed by atoms with E-state index >= 15 is 0 Å². The second-order valence-electron chi connectivity index (χ2n) is 7.06. The molecule has 1 N–H and O–H groups in total. The number of carbonyl (C=O) groups excluding carboxylic acids is 3. The lowest BCUT2D eigenvalue weighted by molar-refractivity contribution is -0.120. The summed E-state index contributed by atoms with van der Waals surface area (Å²) in [7, 11) is 0. The van der Waals surface area contributed by atoms with E-state index in [4.69, 9.17) is 32.7 Å². The summed E-state index contributed by atoms with van der Waals surface area (Å²) in [6, 6.07) is 19.5. The van der Waals surface area contributed by atoms with Crippen LogP contribution in [0.2, 0.25) is 5.02 Å². The SMILES string of the molecule is CCOc1ccccc1OC(=O)c1ccc(NC2=C(Cl)C(=O)N(c3ccccc3Cl)C2=O)cc1. The van der Waals surface area contributed by atoms with Gasteiger partial charge in [-0.15, -0.1) is 0 Å². The highest BCUT2D eigenvalue weighted by molar-refractivity contribution is 6.53. The van der Waals surface area contributed by atoms with Gasteiger partial charge in [0.15, 0.2) is 11.5 Å². The molecule has 0 aromatic heterocycles. The maximum atomic E-state index is 12.9. The summed E-state index contributed by atoms with van der Waals surface area (Å²) in [5.41, 5.74) is 0.872. The molecular weight excluding hydrogens is 479 g/mol. The number of halogens is 2. The highest BCUT2D eigenvalue weighted by Crippen LogP contribution is 2.34. The van der Waals surface area contributed by atoms with Gasteiger partial charge < -0.3 is 14.8 Å². The van der Waals surface area contributed by atoms with E-state index in [1.165, 1.54) is 12.1 Å². The van der Waals surface area contributed by atoms with Crippen molar-refractivity contribution < 1.29 is 23.9 Å². The Morgan fingerprint density at radius 1 is 0.882 bits per heavy atom. The van der Waals surface area contributed by atoms with Crippen molar-refractivity contribution in [2.24, 2.45) is 0 Å². The van der Waals surface area contributed by atoms with Crippen molar-refractivity contribution in [1.29, 1.82) is 0 Å². The molecule has 0 aliphatic carbocycles. The van der Waals surface area contributed by atoms with Gasteiger partial charge in [-0.3, -0.25) is 9.59 Å². The number of amides is 2. The fourth-order valence-corrected chi connectivity index (χ4v) is 3.70. The molecule has 1 heterocycles. The molecule has 0 atom stereocenters. The molecule has 0 fully saturated rings. The summed E-state index contributed by atoms with van der Waals surface area (Å²) >= 11 is 12.3. The van der Waals surface area contributed by atoms with Crippen LogP contribution in [0.4, 0.5) is 11.4 Å². The zero-order chi connectivity index (χ0) is 24.2. The first-order chi connectivity index (χ1) is 16.4. The molecule has 0 radical (unpaired) electrons. The van der Waals surface area contributed by atoms with Gasteiger partial charge in [-0.2, -0.15) is 0 Å². The fraction of sp³-hybridized carbons (Fsp3) is 0.0800. The molecule has 0 bridgehead atoms. The van der Waals surface area contributed by atoms with Gasteiger partial charge in [0.1, 0.15) is 10.7 Å². The smallest absolute Gasteiger partial charge is 0.343 e. The van der Waals surface area contributed by atoms with Gasteiger partial charge in [0.2, 0.25) is 0 Å². The van der Waals surface area contributed by atoms with E-state index in [0.29, 0.717) is 23.8 Å². The Hall–Kier alpha value is -3.81. The number of anilines is 2. The number of para-hydroxylation sites is 3. The van der Waals surface area contributed by atoms with Crippen LogP contribution in [0, 0.1) is 0 Å². The van der Waals surface area contributed by atoms with Gasteiger partial charge in [0.25, 0.3) is 11.8 Å². The van der Waals surface area contributed by atoms with E-state index in [2.05, 4.69) is 5.32 Å². The van der Waals surface area contributed by atoms with Crippen molar-refractivity contribution >= 4 is 52.4 Å². The van der Waals surface area contributed by atoms with Crippen LogP contribution in [-0.2, 0) is 9.59 Å². The molecule has 0 unspecified atom stereocenters. The number of nitrogens with one attached hydrogen (secondary N) is 1. The molecule has 3 aromatic carbocycles. The van der Waals surface area contributed by atoms with Gasteiger partial charge in [0.05, 0.1) is 22.9 Å². The summed E-state index contributed by atoms with van der Waals surface area (Å²) in [6.45, 7) is 2.27. The van der Waals surface area contributed by atoms with Crippen LogP contribution in [-0.4, -0.2) is 24.4 Å². The zero-order valence-electron chi connectivity index (χ0n) is 17.9. The van der Waals surface area contributed by atoms with Crippen LogP contribution in [0.3, 0.4) is 0 Å². The lowest BCUT2D eigenvalue weighted by atomic mass is 10.2. The van der Waals surface area contributed by atoms with Crippen molar-refractivity contribution in [1.82, 2.24) is 0 Å². The van der Waals surface area contributed by atoms with Crippen LogP contribution in [0.1, 0.15) is 17.3 Å². The Balaban J connectivity index is 1.49. The summed E-state index contributed by atoms with van der Waals surface area (Å²) in [4.78, 5) is 39.0. The first-order valence-corrected chi connectivity index (χ1v) is 11.0. The van der Waals surface area contributed by atoms with E-state index in [9.17, 15) is 14.4 Å². The second-order valence-corrected chi connectivity index (χ2v) is 7.84. The lowest BCUT2D eigenvalue weighted by Gasteiger charge is -2.16. The van der Waals surface area contributed by atoms with E-state index < -0.39 is 17.8 Å². The Morgan fingerprint density at radius 2 is 1.53 bits per heavy atom. The minimum atomic E-state index is -0.685. The average Bonchev–Trinajstić information content (AvgIpc) is 3.04. The van der Waals surface area contributed by atoms with E-state index in [1.807, 2.05) is 6.92 Å². The molecule has 0 saturated heterocycles. The van der Waals surface area contributed by atoms with Gasteiger partial charge in [-0.05, 0) is 55.5 Å². The van der Waals surface area contributed by atoms with Crippen LogP contribution in [0.5, 0.6) is 11.5 Å². The maximum absolute atomic E-state index is 12.9. The Kier molecular flexibility index (Phi) is 6.86. The monoisotopic (exact) mass is 496 g/mol. The molecule has 34 heavy (non-hydrogen) atoms. The third-order valence-electron chi connectivity index (χ3n) is 4.86. The predicted molar refractivity (Wildman–Crippen MR) is 129 cm³/mol. The first kappa shape index (κ1) is 23.4. The average molecular weight is 497 g/mol. The van der Waals surface area contributed by atoms with Crippen molar-refractivity contribution in [2.75, 3.05) is 16.8 Å². The van der Waals surface area contributed by atoms with Crippen molar-refractivity contribution in [2.45, 2.75) is 6.92 Å². The molecule has 0 saturated carbocycles. The molecule has 2 amide bonds. The fourth-order valence-electron chi connectivity index (χ4n) is 3.27. The number of nitrogens with zero attached hydrogens (tertiary/aromatic N) is 1. The van der Waals surface area contributed by atoms with Gasteiger partial charge in [-0.25, -0.2) is 9.69 Å². The molecule has 3 aromatic rings. The highest BCUT2D eigenvalue weighted by Gasteiger charge is 2.39. The second kappa shape index (κ2) is 9.99. The van der Waals surface area contributed by atoms with E-state index in [-0.39, 0.29) is 27.0 Å². The Morgan fingerprint density at radius 3 is 2.21 bits per heavy atom. The quantitative estimate of drug-likeness (QED) is 0.268. The Labute approximate surface area is 205 Å². The molecule has 172 valence electrons. The third-order valence-corrected chi connectivity index (χ3v) is 5.53. The van der Waals surface area contributed by atoms with E-state index in [0.717, 1.165) is 4.90 Å². The number of rotatable bonds is 7. The van der Waals surface area contributed by atoms with Crippen LogP contribution in [0.25, 0.3) is 0 Å². The normalized spacial score (nSPS) is 13.3. The van der Waals surface area contributed by atoms with Gasteiger partial charge in [-0.1, -0.05) is 47.5 Å². The highest BCUT2D eigenvalue weighted by atomic mass is 35.5. The summed E-state index contributed by atoms with van der Waals surface area (Å²) in [6.07, 6.45) is 0. The van der Waals surface area contributed by atoms with Crippen molar-refractivity contribution in [3.63, 3.8) is 0 Å². The number of hydrogen-bond acceptors (Lipinski definition) is 6. The number of ether oxygens (including phenoxy) is 2. The van der Waals surface area contributed by atoms with Gasteiger partial charge in [0, 0.05) is 5.69 Å². The van der Waals surface area contributed by atoms with E-state index in [1.54, 1.807) is 60.7 Å². The van der Waals surface area contributed by atoms with Crippen molar-refractivity contribution in [3.8, 4) is 11.5 Å². The maximum Gasteiger partial charge on any atom is 0.343 e. The van der Waals surface area contributed by atoms with Crippen molar-refractivity contribution in [3.05, 3.63) is 94.1 Å². The summed E-state index contributed by atoms with van der Waals surface area (Å²) < 4.78 is 10.9. The largest absolute Gasteiger partial charge is 0.490 e. The zero-order valence-corrected chi connectivity index (χ0v) is 19.4. The molecule has 1 aliphatic rings. The molecular formula is C25H18Cl2N2O5. The number of benzene rings is 3. The molecule has 1 aliphatic heterocycles. The molecule has 4 rings (SSSR count). The number of hydrogen-bond donors (Lipinski definition) is 1. The third kappa shape index (κ3) is 4.62. The summed E-state index contributed by atoms with van der Waals surface area (Å²) in [5.74, 6) is -1.13. The molecule has 0 spiro atoms. The first-order valence-electron chi connectivity index (χ1n) is 10.2. The minimum absolute atomic E-state index is 0.0902. The predicted octanol–water partition coefficient (Wildman–Crippen LogP) is 5.39. The minimum Gasteiger partial charge on any atom is -0.490 e. The Bertz CT molecular complexity index is 1300. The lowest BCUT2D eigenvalue weighted by Crippen LogP contribution is -2.32. The molecule has 7 nitrogen and oxygen atoms in total. The molecule has 9 heteroatoms. The number of esters is 1. The van der Waals surface area contributed by atoms with Crippen LogP contribution in [0.15, 0.2) is 83.5 Å². The van der Waals surface area contributed by atoms with Crippen LogP contribution < -0.4 is 19.7 Å². The summed E-state index contributed by atoms with van der Waals surface area (Å²) in [5, 5.41) is 2.83. The topological polar surface area (TPSA) is 84.9 Å². The number of carbonyl (C=O) groups is 3.